The number of amidine groups is 1. The molecule has 1 amide bonds. The maximum Gasteiger partial charge on any atom is 0.344 e. The highest BCUT2D eigenvalue weighted by atomic mass is 32.2. The van der Waals surface area contributed by atoms with E-state index < -0.39 is 12.1 Å². The normalized spacial score (nSPS) is 17.6. The number of benzene rings is 2. The van der Waals surface area contributed by atoms with E-state index in [1.807, 2.05) is 30.3 Å². The number of carbonyl (C=O) groups is 2. The number of aliphatic carboxylic acids is 1. The number of ether oxygens (including phenoxy) is 2. The Hall–Kier alpha value is -3.26. The minimum absolute atomic E-state index is 0.150. The van der Waals surface area contributed by atoms with E-state index in [1.165, 1.54) is 30.7 Å². The Morgan fingerprint density at radius 2 is 1.93 bits per heavy atom. The summed E-state index contributed by atoms with van der Waals surface area (Å²) >= 11 is 1.29. The van der Waals surface area contributed by atoms with Gasteiger partial charge in [-0.1, -0.05) is 24.3 Å². The summed E-state index contributed by atoms with van der Waals surface area (Å²) in [6, 6.07) is 14.5. The number of carboxylic acids is 1. The second-order valence-electron chi connectivity index (χ2n) is 6.21. The van der Waals surface area contributed by atoms with Crippen LogP contribution in [-0.4, -0.2) is 47.3 Å². The molecule has 0 saturated carbocycles. The summed E-state index contributed by atoms with van der Waals surface area (Å²) in [4.78, 5) is 30.1. The highest BCUT2D eigenvalue weighted by Gasteiger charge is 2.30. The Bertz CT molecular complexity index is 988. The Labute approximate surface area is 172 Å². The van der Waals surface area contributed by atoms with E-state index >= 15 is 0 Å². The van der Waals surface area contributed by atoms with E-state index in [-0.39, 0.29) is 5.91 Å². The van der Waals surface area contributed by atoms with Crippen molar-refractivity contribution in [3.8, 4) is 11.5 Å². The lowest BCUT2D eigenvalue weighted by molar-refractivity contribution is -0.144. The third kappa shape index (κ3) is 4.78. The van der Waals surface area contributed by atoms with Gasteiger partial charge in [0.1, 0.15) is 0 Å². The van der Waals surface area contributed by atoms with Crippen LogP contribution in [0.4, 0.5) is 5.69 Å². The fraction of sp³-hybridized carbons (Fsp3) is 0.190. The highest BCUT2D eigenvalue weighted by molar-refractivity contribution is 8.18. The van der Waals surface area contributed by atoms with Crippen LogP contribution in [-0.2, 0) is 9.59 Å². The lowest BCUT2D eigenvalue weighted by Gasteiger charge is -2.14. The summed E-state index contributed by atoms with van der Waals surface area (Å²) in [6.45, 7) is 1.44. The van der Waals surface area contributed by atoms with Crippen LogP contribution in [0.2, 0.25) is 0 Å². The summed E-state index contributed by atoms with van der Waals surface area (Å²) in [5.74, 6) is -0.518. The molecule has 3 rings (SSSR count). The van der Waals surface area contributed by atoms with Gasteiger partial charge in [0.2, 0.25) is 0 Å². The number of amides is 1. The molecule has 8 heteroatoms. The van der Waals surface area contributed by atoms with Crippen LogP contribution in [0.1, 0.15) is 12.5 Å². The quantitative estimate of drug-likeness (QED) is 0.727. The predicted octanol–water partition coefficient (Wildman–Crippen LogP) is 3.78. The van der Waals surface area contributed by atoms with E-state index in [1.54, 1.807) is 31.3 Å². The van der Waals surface area contributed by atoms with Crippen LogP contribution in [0.3, 0.4) is 0 Å². The van der Waals surface area contributed by atoms with E-state index in [2.05, 4.69) is 4.99 Å². The van der Waals surface area contributed by atoms with Crippen molar-refractivity contribution < 1.29 is 24.2 Å². The van der Waals surface area contributed by atoms with Gasteiger partial charge in [-0.2, -0.15) is 0 Å². The highest BCUT2D eigenvalue weighted by Crippen LogP contribution is 2.35. The minimum Gasteiger partial charge on any atom is -0.493 e. The maximum absolute atomic E-state index is 12.6. The monoisotopic (exact) mass is 412 g/mol. The van der Waals surface area contributed by atoms with Crippen molar-refractivity contribution in [3.05, 3.63) is 59.0 Å². The fourth-order valence-electron chi connectivity index (χ4n) is 2.53. The average molecular weight is 412 g/mol. The number of rotatable bonds is 6. The summed E-state index contributed by atoms with van der Waals surface area (Å²) in [6.07, 6.45) is 0.731. The first-order valence-corrected chi connectivity index (χ1v) is 9.59. The van der Waals surface area contributed by atoms with Gasteiger partial charge >= 0.3 is 5.97 Å². The van der Waals surface area contributed by atoms with Gasteiger partial charge in [-0.05, 0) is 54.6 Å². The van der Waals surface area contributed by atoms with Crippen molar-refractivity contribution >= 4 is 40.6 Å². The van der Waals surface area contributed by atoms with Gasteiger partial charge in [-0.15, -0.1) is 0 Å². The molecule has 2 aromatic carbocycles. The first-order valence-electron chi connectivity index (χ1n) is 8.78. The fourth-order valence-corrected chi connectivity index (χ4v) is 3.52. The Balaban J connectivity index is 1.85. The summed E-state index contributed by atoms with van der Waals surface area (Å²) in [5, 5.41) is 9.60. The van der Waals surface area contributed by atoms with Crippen LogP contribution >= 0.6 is 11.8 Å². The zero-order valence-corrected chi connectivity index (χ0v) is 17.0. The molecule has 0 aliphatic carbocycles. The van der Waals surface area contributed by atoms with Crippen LogP contribution in [0.25, 0.3) is 6.08 Å². The van der Waals surface area contributed by atoms with Gasteiger partial charge in [-0.25, -0.2) is 9.79 Å². The number of hydrogen-bond acceptors (Lipinski definition) is 6. The van der Waals surface area contributed by atoms with Gasteiger partial charge in [-0.3, -0.25) is 9.69 Å². The lowest BCUT2D eigenvalue weighted by Crippen LogP contribution is -2.23. The molecule has 2 aromatic rings. The molecule has 0 radical (unpaired) electrons. The molecule has 0 aromatic heterocycles. The number of carboxylic acid groups (broad SMARTS) is 1. The number of hydrogen-bond donors (Lipinski definition) is 1. The van der Waals surface area contributed by atoms with Gasteiger partial charge in [0.05, 0.1) is 17.7 Å². The molecule has 1 heterocycles. The molecule has 1 fully saturated rings. The van der Waals surface area contributed by atoms with E-state index in [0.717, 1.165) is 11.3 Å². The minimum atomic E-state index is -1.07. The maximum atomic E-state index is 12.6. The molecule has 0 spiro atoms. The Kier molecular flexibility index (Phi) is 6.23. The van der Waals surface area contributed by atoms with Gasteiger partial charge in [0.25, 0.3) is 5.91 Å². The summed E-state index contributed by atoms with van der Waals surface area (Å²) < 4.78 is 10.7. The van der Waals surface area contributed by atoms with Crippen molar-refractivity contribution in [2.24, 2.45) is 4.99 Å². The number of likely N-dealkylation sites (N-methyl/N-ethyl adjacent to an activating group) is 1. The molecule has 1 N–H and O–H groups in total. The molecular weight excluding hydrogens is 392 g/mol. The topological polar surface area (TPSA) is 88.4 Å². The number of methoxy groups -OCH3 is 1. The third-order valence-electron chi connectivity index (χ3n) is 4.12. The van der Waals surface area contributed by atoms with E-state index in [9.17, 15) is 9.59 Å². The van der Waals surface area contributed by atoms with Crippen molar-refractivity contribution in [1.29, 1.82) is 0 Å². The second kappa shape index (κ2) is 8.83. The Morgan fingerprint density at radius 1 is 1.21 bits per heavy atom. The number of nitrogens with zero attached hydrogens (tertiary/aromatic N) is 2. The molecule has 29 heavy (non-hydrogen) atoms. The van der Waals surface area contributed by atoms with Gasteiger partial charge < -0.3 is 14.6 Å². The number of para-hydroxylation sites is 1. The van der Waals surface area contributed by atoms with Crippen molar-refractivity contribution in [1.82, 2.24) is 4.90 Å². The van der Waals surface area contributed by atoms with E-state index in [4.69, 9.17) is 14.6 Å². The van der Waals surface area contributed by atoms with E-state index in [0.29, 0.717) is 21.6 Å². The predicted molar refractivity (Wildman–Crippen MR) is 113 cm³/mol. The third-order valence-corrected chi connectivity index (χ3v) is 5.18. The smallest absolute Gasteiger partial charge is 0.344 e. The molecule has 0 unspecified atom stereocenters. The molecule has 1 atom stereocenters. The average Bonchev–Trinajstić information content (AvgIpc) is 2.97. The van der Waals surface area contributed by atoms with Gasteiger partial charge in [0, 0.05) is 7.05 Å². The number of thioether (sulfide) groups is 1. The molecule has 1 saturated heterocycles. The SMILES string of the molecule is COc1cc(/C=C2\SC(=Nc3ccccc3)N(C)C2=O)ccc1O[C@@H](C)C(=O)O. The molecule has 1 aliphatic rings. The lowest BCUT2D eigenvalue weighted by atomic mass is 10.2. The zero-order chi connectivity index (χ0) is 21.0. The molecule has 150 valence electrons. The first-order chi connectivity index (χ1) is 13.9. The molecule has 7 nitrogen and oxygen atoms in total. The standard InChI is InChI=1S/C21H20N2O5S/c1-13(20(25)26)28-16-10-9-14(11-17(16)27-3)12-18-19(24)23(2)21(29-18)22-15-7-5-4-6-8-15/h4-13H,1-3H3,(H,25,26)/b18-12-,22-21?/t13-/m0/s1. The van der Waals surface area contributed by atoms with Crippen molar-refractivity contribution in [2.45, 2.75) is 13.0 Å². The largest absolute Gasteiger partial charge is 0.493 e. The first kappa shape index (κ1) is 20.5. The van der Waals surface area contributed by atoms with Gasteiger partial charge in [0.15, 0.2) is 22.8 Å². The van der Waals surface area contributed by atoms with Crippen LogP contribution in [0.5, 0.6) is 11.5 Å². The molecular formula is C21H20N2O5S. The van der Waals surface area contributed by atoms with Crippen molar-refractivity contribution in [3.63, 3.8) is 0 Å². The summed E-state index contributed by atoms with van der Waals surface area (Å²) in [7, 11) is 3.15. The number of aliphatic imine (C=N–C) groups is 1. The summed E-state index contributed by atoms with van der Waals surface area (Å²) in [5.41, 5.74) is 1.49. The van der Waals surface area contributed by atoms with Crippen LogP contribution in [0, 0.1) is 0 Å². The molecule has 0 bridgehead atoms. The second-order valence-corrected chi connectivity index (χ2v) is 7.22. The van der Waals surface area contributed by atoms with Crippen molar-refractivity contribution in [2.75, 3.05) is 14.2 Å². The molecule has 1 aliphatic heterocycles. The number of carbonyl (C=O) groups excluding carboxylic acids is 1. The van der Waals surface area contributed by atoms with Crippen LogP contribution < -0.4 is 9.47 Å². The zero-order valence-electron chi connectivity index (χ0n) is 16.2. The Morgan fingerprint density at radius 3 is 2.59 bits per heavy atom. The van der Waals surface area contributed by atoms with Crippen LogP contribution in [0.15, 0.2) is 58.4 Å².